The Morgan fingerprint density at radius 2 is 1.80 bits per heavy atom. The molecule has 2 atom stereocenters. The number of piperidine rings is 1. The lowest BCUT2D eigenvalue weighted by Crippen LogP contribution is -2.51. The molecule has 30 heavy (non-hydrogen) atoms. The van der Waals surface area contributed by atoms with Crippen LogP contribution in [0.15, 0.2) is 47.0 Å². The lowest BCUT2D eigenvalue weighted by atomic mass is 9.81. The number of aliphatic imine (C=N–C) groups is 1. The lowest BCUT2D eigenvalue weighted by Gasteiger charge is -2.42. The molecule has 1 N–H and O–H groups in total. The Kier molecular flexibility index (Phi) is 6.73. The van der Waals surface area contributed by atoms with Crippen molar-refractivity contribution in [3.05, 3.63) is 73.2 Å². The van der Waals surface area contributed by atoms with Gasteiger partial charge in [-0.2, -0.15) is 0 Å². The largest absolute Gasteiger partial charge is 0.353 e. The summed E-state index contributed by atoms with van der Waals surface area (Å²) in [5, 5.41) is 6.25. The zero-order valence-corrected chi connectivity index (χ0v) is 20.0. The standard InChI is InChI=1S/C22H19Cl4N3S/c1-2-29-10-13(7-12-3-4-14(23)8-18(12)25)20-17(11-29)21(28-22(30)27-20)16-6-5-15(24)9-19(16)26/h3-9,17,21H,2,10-11H2,1H3,(H,28,30)/b13-7+. The van der Waals surface area contributed by atoms with Crippen LogP contribution < -0.4 is 5.32 Å². The molecule has 2 aromatic carbocycles. The highest BCUT2D eigenvalue weighted by Gasteiger charge is 2.39. The van der Waals surface area contributed by atoms with E-state index in [-0.39, 0.29) is 12.0 Å². The monoisotopic (exact) mass is 497 g/mol. The second-order valence-electron chi connectivity index (χ2n) is 7.36. The average Bonchev–Trinajstić information content (AvgIpc) is 2.70. The Hall–Kier alpha value is -1.14. The van der Waals surface area contributed by atoms with Crippen molar-refractivity contribution in [2.24, 2.45) is 10.9 Å². The summed E-state index contributed by atoms with van der Waals surface area (Å²) in [6, 6.07) is 11.0. The molecule has 4 rings (SSSR count). The molecule has 1 saturated heterocycles. The lowest BCUT2D eigenvalue weighted by molar-refractivity contribution is 0.252. The maximum Gasteiger partial charge on any atom is 0.193 e. The fourth-order valence-electron chi connectivity index (χ4n) is 4.00. The highest BCUT2D eigenvalue weighted by atomic mass is 35.5. The maximum atomic E-state index is 6.55. The van der Waals surface area contributed by atoms with E-state index in [1.807, 2.05) is 24.3 Å². The minimum absolute atomic E-state index is 0.0846. The summed E-state index contributed by atoms with van der Waals surface area (Å²) in [5.41, 5.74) is 3.94. The average molecular weight is 499 g/mol. The van der Waals surface area contributed by atoms with Crippen LogP contribution in [0.2, 0.25) is 20.1 Å². The van der Waals surface area contributed by atoms with E-state index in [4.69, 9.17) is 63.6 Å². The van der Waals surface area contributed by atoms with Crippen LogP contribution in [0.5, 0.6) is 0 Å². The van der Waals surface area contributed by atoms with E-state index >= 15 is 0 Å². The molecule has 2 heterocycles. The molecule has 156 valence electrons. The molecule has 8 heteroatoms. The van der Waals surface area contributed by atoms with E-state index in [0.29, 0.717) is 25.2 Å². The van der Waals surface area contributed by atoms with Gasteiger partial charge >= 0.3 is 0 Å². The Labute approximate surface area is 201 Å². The third-order valence-electron chi connectivity index (χ3n) is 5.47. The second-order valence-corrected chi connectivity index (χ2v) is 9.43. The summed E-state index contributed by atoms with van der Waals surface area (Å²) in [6.07, 6.45) is 2.08. The van der Waals surface area contributed by atoms with Gasteiger partial charge in [-0.1, -0.05) is 65.5 Å². The number of likely N-dealkylation sites (N-methyl/N-ethyl adjacent to an activating group) is 1. The van der Waals surface area contributed by atoms with E-state index in [1.54, 1.807) is 12.1 Å². The van der Waals surface area contributed by atoms with Gasteiger partial charge in [-0.05, 0) is 65.8 Å². The van der Waals surface area contributed by atoms with Crippen LogP contribution in [0.25, 0.3) is 6.08 Å². The zero-order chi connectivity index (χ0) is 21.4. The van der Waals surface area contributed by atoms with Gasteiger partial charge < -0.3 is 5.32 Å². The van der Waals surface area contributed by atoms with Crippen molar-refractivity contribution in [3.63, 3.8) is 0 Å². The first kappa shape index (κ1) is 22.1. The number of rotatable bonds is 3. The first-order valence-corrected chi connectivity index (χ1v) is 11.5. The van der Waals surface area contributed by atoms with Gasteiger partial charge in [0.1, 0.15) is 0 Å². The van der Waals surface area contributed by atoms with E-state index in [9.17, 15) is 0 Å². The predicted molar refractivity (Wildman–Crippen MR) is 132 cm³/mol. The molecule has 0 aliphatic carbocycles. The fraction of sp³-hybridized carbons (Fsp3) is 0.273. The van der Waals surface area contributed by atoms with Crippen LogP contribution in [0.4, 0.5) is 0 Å². The highest BCUT2D eigenvalue weighted by Crippen LogP contribution is 2.38. The number of hydrogen-bond acceptors (Lipinski definition) is 2. The molecular formula is C22H19Cl4N3S. The van der Waals surface area contributed by atoms with E-state index in [2.05, 4.69) is 23.2 Å². The predicted octanol–water partition coefficient (Wildman–Crippen LogP) is 6.71. The molecule has 0 saturated carbocycles. The number of hydrogen-bond donors (Lipinski definition) is 1. The molecule has 0 bridgehead atoms. The van der Waals surface area contributed by atoms with E-state index in [1.165, 1.54) is 0 Å². The van der Waals surface area contributed by atoms with Gasteiger partial charge in [0.2, 0.25) is 0 Å². The van der Waals surface area contributed by atoms with Crippen LogP contribution in [0.3, 0.4) is 0 Å². The summed E-state index contributed by atoms with van der Waals surface area (Å²) >= 11 is 30.6. The van der Waals surface area contributed by atoms with Crippen LogP contribution in [0, 0.1) is 5.92 Å². The molecule has 0 amide bonds. The van der Waals surface area contributed by atoms with Gasteiger partial charge in [-0.25, -0.2) is 4.99 Å². The SMILES string of the molecule is CCN1C/C(=C\c2ccc(Cl)cc2Cl)C2=NC(=S)NC(c3ccc(Cl)cc3Cl)C2C1. The van der Waals surface area contributed by atoms with E-state index < -0.39 is 0 Å². The first-order valence-electron chi connectivity index (χ1n) is 9.58. The Morgan fingerprint density at radius 3 is 2.47 bits per heavy atom. The number of likely N-dealkylation sites (tertiary alicyclic amines) is 1. The normalized spacial score (nSPS) is 23.2. The number of nitrogens with one attached hydrogen (secondary N) is 1. The van der Waals surface area contributed by atoms with Crippen LogP contribution >= 0.6 is 58.6 Å². The number of thiocarbonyl (C=S) groups is 1. The molecule has 2 unspecified atom stereocenters. The van der Waals surface area contributed by atoms with Crippen molar-refractivity contribution in [2.75, 3.05) is 19.6 Å². The molecule has 2 aliphatic rings. The summed E-state index contributed by atoms with van der Waals surface area (Å²) in [7, 11) is 0. The van der Waals surface area contributed by atoms with Crippen LogP contribution in [0.1, 0.15) is 24.1 Å². The maximum absolute atomic E-state index is 6.55. The molecule has 1 fully saturated rings. The molecule has 2 aromatic rings. The Bertz CT molecular complexity index is 1070. The highest BCUT2D eigenvalue weighted by molar-refractivity contribution is 7.80. The van der Waals surface area contributed by atoms with Crippen molar-refractivity contribution in [1.82, 2.24) is 10.2 Å². The molecule has 3 nitrogen and oxygen atoms in total. The van der Waals surface area contributed by atoms with Crippen molar-refractivity contribution < 1.29 is 0 Å². The van der Waals surface area contributed by atoms with Crippen molar-refractivity contribution in [2.45, 2.75) is 13.0 Å². The molecule has 0 radical (unpaired) electrons. The van der Waals surface area contributed by atoms with Gasteiger partial charge in [0, 0.05) is 39.1 Å². The van der Waals surface area contributed by atoms with Crippen LogP contribution in [-0.4, -0.2) is 35.4 Å². The second kappa shape index (κ2) is 9.15. The number of nitrogens with zero attached hydrogens (tertiary/aromatic N) is 2. The zero-order valence-electron chi connectivity index (χ0n) is 16.1. The molecule has 0 spiro atoms. The van der Waals surface area contributed by atoms with Gasteiger partial charge in [0.05, 0.1) is 11.8 Å². The minimum Gasteiger partial charge on any atom is -0.353 e. The molecule has 2 aliphatic heterocycles. The summed E-state index contributed by atoms with van der Waals surface area (Å²) in [6.45, 7) is 4.69. The topological polar surface area (TPSA) is 27.6 Å². The number of benzene rings is 2. The van der Waals surface area contributed by atoms with Crippen molar-refractivity contribution in [1.29, 1.82) is 0 Å². The third kappa shape index (κ3) is 4.55. The number of fused-ring (bicyclic) bond motifs is 1. The number of halogens is 4. The Morgan fingerprint density at radius 1 is 1.10 bits per heavy atom. The van der Waals surface area contributed by atoms with Gasteiger partial charge in [0.15, 0.2) is 5.11 Å². The summed E-state index contributed by atoms with van der Waals surface area (Å²) < 4.78 is 0. The summed E-state index contributed by atoms with van der Waals surface area (Å²) in [5.74, 6) is 0.0846. The fourth-order valence-corrected chi connectivity index (χ4v) is 5.21. The van der Waals surface area contributed by atoms with Crippen molar-refractivity contribution >= 4 is 75.5 Å². The smallest absolute Gasteiger partial charge is 0.193 e. The summed E-state index contributed by atoms with van der Waals surface area (Å²) in [4.78, 5) is 7.11. The van der Waals surface area contributed by atoms with E-state index in [0.717, 1.165) is 42.0 Å². The van der Waals surface area contributed by atoms with Crippen molar-refractivity contribution in [3.8, 4) is 0 Å². The Balaban J connectivity index is 1.79. The van der Waals surface area contributed by atoms with Gasteiger partial charge in [-0.3, -0.25) is 4.90 Å². The quantitative estimate of drug-likeness (QED) is 0.476. The van der Waals surface area contributed by atoms with Crippen LogP contribution in [-0.2, 0) is 0 Å². The van der Waals surface area contributed by atoms with Gasteiger partial charge in [0.25, 0.3) is 0 Å². The molecular weight excluding hydrogens is 480 g/mol. The minimum atomic E-state index is -0.0896. The third-order valence-corrected chi connectivity index (χ3v) is 6.80. The molecule has 0 aromatic heterocycles. The van der Waals surface area contributed by atoms with Gasteiger partial charge in [-0.15, -0.1) is 0 Å². The first-order chi connectivity index (χ1) is 14.4.